The van der Waals surface area contributed by atoms with Gasteiger partial charge in [0.15, 0.2) is 11.5 Å². The maximum absolute atomic E-state index is 12.5. The molecule has 0 fully saturated rings. The van der Waals surface area contributed by atoms with Gasteiger partial charge in [0.05, 0.1) is 29.4 Å². The lowest BCUT2D eigenvalue weighted by molar-refractivity contribution is -0.116. The quantitative estimate of drug-likeness (QED) is 0.684. The van der Waals surface area contributed by atoms with E-state index >= 15 is 0 Å². The van der Waals surface area contributed by atoms with Crippen molar-refractivity contribution in [1.29, 1.82) is 0 Å². The highest BCUT2D eigenvalue weighted by Gasteiger charge is 2.14. The fourth-order valence-electron chi connectivity index (χ4n) is 2.61. The highest BCUT2D eigenvalue weighted by molar-refractivity contribution is 7.18. The summed E-state index contributed by atoms with van der Waals surface area (Å²) in [5, 5.41) is 7.13. The number of fused-ring (bicyclic) bond motifs is 1. The Morgan fingerprint density at radius 3 is 2.54 bits per heavy atom. The smallest absolute Gasteiger partial charge is 0.246 e. The van der Waals surface area contributed by atoms with Gasteiger partial charge in [-0.25, -0.2) is 4.98 Å². The number of nitrogens with one attached hydrogen (secondary N) is 2. The summed E-state index contributed by atoms with van der Waals surface area (Å²) < 4.78 is 11.6. The SMILES string of the molecule is COc1ccc(NC(=O)C(C)Nc2ccc3nc(C)sc3c2)cc1OC. The minimum Gasteiger partial charge on any atom is -0.493 e. The molecule has 0 saturated carbocycles. The molecule has 3 aromatic rings. The molecule has 26 heavy (non-hydrogen) atoms. The van der Waals surface area contributed by atoms with Gasteiger partial charge in [0.2, 0.25) is 5.91 Å². The van der Waals surface area contributed by atoms with Crippen molar-refractivity contribution in [3.8, 4) is 11.5 Å². The van der Waals surface area contributed by atoms with Crippen molar-refractivity contribution in [3.05, 3.63) is 41.4 Å². The van der Waals surface area contributed by atoms with Crippen molar-refractivity contribution < 1.29 is 14.3 Å². The number of thiazole rings is 1. The van der Waals surface area contributed by atoms with E-state index in [2.05, 4.69) is 15.6 Å². The zero-order valence-corrected chi connectivity index (χ0v) is 15.9. The molecule has 3 rings (SSSR count). The molecule has 1 amide bonds. The molecular formula is C19H21N3O3S. The third-order valence-corrected chi connectivity index (χ3v) is 4.86. The summed E-state index contributed by atoms with van der Waals surface area (Å²) in [5.74, 6) is 1.04. The van der Waals surface area contributed by atoms with Gasteiger partial charge in [-0.15, -0.1) is 11.3 Å². The van der Waals surface area contributed by atoms with Crippen molar-refractivity contribution >= 4 is 38.8 Å². The Morgan fingerprint density at radius 1 is 1.08 bits per heavy atom. The Morgan fingerprint density at radius 2 is 1.81 bits per heavy atom. The maximum atomic E-state index is 12.5. The number of carbonyl (C=O) groups excluding carboxylic acids is 1. The normalized spacial score (nSPS) is 11.8. The van der Waals surface area contributed by atoms with Gasteiger partial charge in [-0.05, 0) is 44.2 Å². The molecule has 7 heteroatoms. The number of benzene rings is 2. The molecule has 1 unspecified atom stereocenters. The fourth-order valence-corrected chi connectivity index (χ4v) is 3.48. The van der Waals surface area contributed by atoms with E-state index in [1.807, 2.05) is 32.0 Å². The van der Waals surface area contributed by atoms with Crippen LogP contribution < -0.4 is 20.1 Å². The van der Waals surface area contributed by atoms with E-state index in [-0.39, 0.29) is 5.91 Å². The van der Waals surface area contributed by atoms with Crippen LogP contribution in [0.4, 0.5) is 11.4 Å². The second-order valence-electron chi connectivity index (χ2n) is 5.84. The molecule has 0 bridgehead atoms. The molecule has 136 valence electrons. The van der Waals surface area contributed by atoms with Crippen LogP contribution in [0, 0.1) is 6.92 Å². The van der Waals surface area contributed by atoms with Gasteiger partial charge in [-0.3, -0.25) is 4.79 Å². The van der Waals surface area contributed by atoms with Gasteiger partial charge in [-0.2, -0.15) is 0 Å². The molecule has 1 aromatic heterocycles. The van der Waals surface area contributed by atoms with Crippen LogP contribution in [-0.4, -0.2) is 31.2 Å². The van der Waals surface area contributed by atoms with Crippen molar-refractivity contribution in [3.63, 3.8) is 0 Å². The van der Waals surface area contributed by atoms with Crippen molar-refractivity contribution in [2.24, 2.45) is 0 Å². The highest BCUT2D eigenvalue weighted by atomic mass is 32.1. The van der Waals surface area contributed by atoms with Gasteiger partial charge in [0, 0.05) is 17.4 Å². The predicted molar refractivity (Wildman–Crippen MR) is 106 cm³/mol. The molecule has 1 atom stereocenters. The summed E-state index contributed by atoms with van der Waals surface area (Å²) in [6, 6.07) is 10.8. The second kappa shape index (κ2) is 7.61. The number of rotatable bonds is 6. The first-order valence-electron chi connectivity index (χ1n) is 8.17. The molecule has 0 spiro atoms. The van der Waals surface area contributed by atoms with Gasteiger partial charge in [-0.1, -0.05) is 0 Å². The Bertz CT molecular complexity index is 939. The van der Waals surface area contributed by atoms with Gasteiger partial charge < -0.3 is 20.1 Å². The number of aryl methyl sites for hydroxylation is 1. The van der Waals surface area contributed by atoms with Crippen LogP contribution in [0.25, 0.3) is 10.2 Å². The van der Waals surface area contributed by atoms with Crippen LogP contribution in [0.1, 0.15) is 11.9 Å². The minimum atomic E-state index is -0.408. The molecular weight excluding hydrogens is 350 g/mol. The van der Waals surface area contributed by atoms with E-state index in [1.54, 1.807) is 43.8 Å². The Labute approximate surface area is 156 Å². The van der Waals surface area contributed by atoms with E-state index in [0.29, 0.717) is 17.2 Å². The lowest BCUT2D eigenvalue weighted by Crippen LogP contribution is -2.31. The molecule has 1 heterocycles. The highest BCUT2D eigenvalue weighted by Crippen LogP contribution is 2.30. The first-order chi connectivity index (χ1) is 12.5. The number of amides is 1. The third kappa shape index (κ3) is 3.88. The first kappa shape index (κ1) is 18.0. The number of aromatic nitrogens is 1. The first-order valence-corrected chi connectivity index (χ1v) is 8.98. The second-order valence-corrected chi connectivity index (χ2v) is 7.08. The van der Waals surface area contributed by atoms with E-state index < -0.39 is 6.04 Å². The number of hydrogen-bond acceptors (Lipinski definition) is 6. The zero-order chi connectivity index (χ0) is 18.7. The van der Waals surface area contributed by atoms with Crippen molar-refractivity contribution in [2.45, 2.75) is 19.9 Å². The summed E-state index contributed by atoms with van der Waals surface area (Å²) >= 11 is 1.63. The Hall–Kier alpha value is -2.80. The van der Waals surface area contributed by atoms with Gasteiger partial charge in [0.1, 0.15) is 6.04 Å². The summed E-state index contributed by atoms with van der Waals surface area (Å²) in [7, 11) is 3.13. The van der Waals surface area contributed by atoms with E-state index in [9.17, 15) is 4.79 Å². The third-order valence-electron chi connectivity index (χ3n) is 3.92. The lowest BCUT2D eigenvalue weighted by Gasteiger charge is -2.16. The lowest BCUT2D eigenvalue weighted by atomic mass is 10.2. The average Bonchev–Trinajstić information content (AvgIpc) is 3.00. The number of hydrogen-bond donors (Lipinski definition) is 2. The summed E-state index contributed by atoms with van der Waals surface area (Å²) in [6.07, 6.45) is 0. The van der Waals surface area contributed by atoms with E-state index in [1.165, 1.54) is 0 Å². The van der Waals surface area contributed by atoms with Crippen LogP contribution in [-0.2, 0) is 4.79 Å². The summed E-state index contributed by atoms with van der Waals surface area (Å²) in [4.78, 5) is 16.9. The van der Waals surface area contributed by atoms with Crippen LogP contribution in [0.3, 0.4) is 0 Å². The molecule has 0 aliphatic heterocycles. The monoisotopic (exact) mass is 371 g/mol. The van der Waals surface area contributed by atoms with Crippen LogP contribution in [0.5, 0.6) is 11.5 Å². The topological polar surface area (TPSA) is 72.5 Å². The largest absolute Gasteiger partial charge is 0.493 e. The van der Waals surface area contributed by atoms with Gasteiger partial charge in [0.25, 0.3) is 0 Å². The standard InChI is InChI=1S/C19H21N3O3S/c1-11(20-14-5-7-15-18(10-14)26-12(2)21-15)19(23)22-13-6-8-16(24-3)17(9-13)25-4/h5-11,20H,1-4H3,(H,22,23). The molecule has 2 aromatic carbocycles. The molecule has 0 saturated heterocycles. The van der Waals surface area contributed by atoms with E-state index in [0.717, 1.165) is 20.9 Å². The minimum absolute atomic E-state index is 0.141. The number of ether oxygens (including phenoxy) is 2. The molecule has 0 radical (unpaired) electrons. The maximum Gasteiger partial charge on any atom is 0.246 e. The number of anilines is 2. The average molecular weight is 371 g/mol. The number of nitrogens with zero attached hydrogens (tertiary/aromatic N) is 1. The summed E-state index contributed by atoms with van der Waals surface area (Å²) in [6.45, 7) is 3.80. The Balaban J connectivity index is 1.68. The summed E-state index contributed by atoms with van der Waals surface area (Å²) in [5.41, 5.74) is 2.51. The van der Waals surface area contributed by atoms with Crippen LogP contribution in [0.2, 0.25) is 0 Å². The van der Waals surface area contributed by atoms with Crippen LogP contribution >= 0.6 is 11.3 Å². The van der Waals surface area contributed by atoms with E-state index in [4.69, 9.17) is 9.47 Å². The van der Waals surface area contributed by atoms with Crippen molar-refractivity contribution in [2.75, 3.05) is 24.9 Å². The Kier molecular flexibility index (Phi) is 5.27. The zero-order valence-electron chi connectivity index (χ0n) is 15.1. The number of carbonyl (C=O) groups is 1. The van der Waals surface area contributed by atoms with Crippen molar-refractivity contribution in [1.82, 2.24) is 4.98 Å². The van der Waals surface area contributed by atoms with Crippen LogP contribution in [0.15, 0.2) is 36.4 Å². The predicted octanol–water partition coefficient (Wildman–Crippen LogP) is 4.06. The molecule has 6 nitrogen and oxygen atoms in total. The number of methoxy groups -OCH3 is 2. The van der Waals surface area contributed by atoms with Gasteiger partial charge >= 0.3 is 0 Å². The molecule has 0 aliphatic rings. The molecule has 2 N–H and O–H groups in total. The fraction of sp³-hybridized carbons (Fsp3) is 0.263. The molecule has 0 aliphatic carbocycles.